The predicted octanol–water partition coefficient (Wildman–Crippen LogP) is 4.23. The van der Waals surface area contributed by atoms with Crippen molar-refractivity contribution in [1.82, 2.24) is 10.3 Å². The molecule has 1 heterocycles. The van der Waals surface area contributed by atoms with Crippen LogP contribution in [0.3, 0.4) is 0 Å². The molecule has 0 aliphatic heterocycles. The standard InChI is InChI=1S/C20H23FN2OS/c1-14-12-18(25-17-4-2-16(21)3-5-17)6-7-19(14)23-20(24)13-15-8-10-22-11-9-15/h2-5,8-11,14,18-19H,6-7,12-13H2,1H3,(H,23,24)/t14?,18-,19?/m1/s1. The van der Waals surface area contributed by atoms with E-state index in [1.54, 1.807) is 12.4 Å². The number of hydrogen-bond donors (Lipinski definition) is 1. The van der Waals surface area contributed by atoms with Gasteiger partial charge in [0.15, 0.2) is 0 Å². The van der Waals surface area contributed by atoms with E-state index >= 15 is 0 Å². The van der Waals surface area contributed by atoms with Crippen LogP contribution in [-0.2, 0) is 11.2 Å². The van der Waals surface area contributed by atoms with E-state index in [0.717, 1.165) is 29.7 Å². The lowest BCUT2D eigenvalue weighted by Crippen LogP contribution is -2.43. The number of nitrogens with one attached hydrogen (secondary N) is 1. The first-order valence-corrected chi connectivity index (χ1v) is 9.58. The smallest absolute Gasteiger partial charge is 0.224 e. The Morgan fingerprint density at radius 2 is 1.92 bits per heavy atom. The first-order valence-electron chi connectivity index (χ1n) is 8.70. The minimum atomic E-state index is -0.196. The number of benzene rings is 1. The molecular formula is C20H23FN2OS. The van der Waals surface area contributed by atoms with Crippen LogP contribution in [0.25, 0.3) is 0 Å². The molecule has 1 N–H and O–H groups in total. The third-order valence-corrected chi connectivity index (χ3v) is 6.00. The van der Waals surface area contributed by atoms with Gasteiger partial charge in [0.2, 0.25) is 5.91 Å². The molecule has 25 heavy (non-hydrogen) atoms. The lowest BCUT2D eigenvalue weighted by molar-refractivity contribution is -0.121. The average molecular weight is 358 g/mol. The van der Waals surface area contributed by atoms with Crippen molar-refractivity contribution in [2.75, 3.05) is 0 Å². The number of rotatable bonds is 5. The fourth-order valence-electron chi connectivity index (χ4n) is 3.32. The Balaban J connectivity index is 1.48. The van der Waals surface area contributed by atoms with Crippen molar-refractivity contribution in [2.45, 2.75) is 48.8 Å². The Morgan fingerprint density at radius 3 is 2.60 bits per heavy atom. The SMILES string of the molecule is CC1C[C@H](Sc2ccc(F)cc2)CCC1NC(=O)Cc1ccncc1. The van der Waals surface area contributed by atoms with Crippen molar-refractivity contribution in [2.24, 2.45) is 5.92 Å². The van der Waals surface area contributed by atoms with Gasteiger partial charge in [-0.05, 0) is 67.1 Å². The van der Waals surface area contributed by atoms with Crippen LogP contribution in [0.15, 0.2) is 53.7 Å². The highest BCUT2D eigenvalue weighted by atomic mass is 32.2. The van der Waals surface area contributed by atoms with E-state index in [1.165, 1.54) is 12.1 Å². The topological polar surface area (TPSA) is 42.0 Å². The van der Waals surface area contributed by atoms with Crippen LogP contribution >= 0.6 is 11.8 Å². The predicted molar refractivity (Wildman–Crippen MR) is 98.9 cm³/mol. The molecule has 0 bridgehead atoms. The zero-order valence-corrected chi connectivity index (χ0v) is 15.1. The highest BCUT2D eigenvalue weighted by molar-refractivity contribution is 8.00. The molecule has 1 aromatic carbocycles. The number of hydrogen-bond acceptors (Lipinski definition) is 3. The minimum Gasteiger partial charge on any atom is -0.353 e. The molecule has 1 fully saturated rings. The lowest BCUT2D eigenvalue weighted by Gasteiger charge is -2.34. The van der Waals surface area contributed by atoms with Crippen LogP contribution < -0.4 is 5.32 Å². The van der Waals surface area contributed by atoms with E-state index in [4.69, 9.17) is 0 Å². The number of halogens is 1. The molecule has 1 aliphatic rings. The highest BCUT2D eigenvalue weighted by Crippen LogP contribution is 2.36. The Morgan fingerprint density at radius 1 is 1.20 bits per heavy atom. The molecule has 1 amide bonds. The molecule has 1 aromatic heterocycles. The lowest BCUT2D eigenvalue weighted by atomic mass is 9.85. The Labute approximate surface area is 152 Å². The maximum absolute atomic E-state index is 13.0. The quantitative estimate of drug-likeness (QED) is 0.870. The molecule has 5 heteroatoms. The normalized spacial score (nSPS) is 23.2. The summed E-state index contributed by atoms with van der Waals surface area (Å²) in [6.07, 6.45) is 6.93. The highest BCUT2D eigenvalue weighted by Gasteiger charge is 2.29. The first kappa shape index (κ1) is 17.9. The average Bonchev–Trinajstić information content (AvgIpc) is 2.60. The van der Waals surface area contributed by atoms with Crippen LogP contribution in [0, 0.1) is 11.7 Å². The van der Waals surface area contributed by atoms with E-state index in [0.29, 0.717) is 17.6 Å². The van der Waals surface area contributed by atoms with Gasteiger partial charge in [-0.1, -0.05) is 6.92 Å². The molecular weight excluding hydrogens is 335 g/mol. The monoisotopic (exact) mass is 358 g/mol. The second-order valence-electron chi connectivity index (χ2n) is 6.69. The summed E-state index contributed by atoms with van der Waals surface area (Å²) in [5, 5.41) is 3.71. The summed E-state index contributed by atoms with van der Waals surface area (Å²) in [4.78, 5) is 17.3. The zero-order valence-electron chi connectivity index (χ0n) is 14.3. The van der Waals surface area contributed by atoms with Crippen molar-refractivity contribution < 1.29 is 9.18 Å². The van der Waals surface area contributed by atoms with Gasteiger partial charge in [0.05, 0.1) is 6.42 Å². The molecule has 0 radical (unpaired) electrons. The molecule has 1 aliphatic carbocycles. The fourth-order valence-corrected chi connectivity index (χ4v) is 4.65. The van der Waals surface area contributed by atoms with E-state index in [1.807, 2.05) is 36.0 Å². The van der Waals surface area contributed by atoms with Crippen molar-refractivity contribution in [1.29, 1.82) is 0 Å². The van der Waals surface area contributed by atoms with E-state index in [2.05, 4.69) is 17.2 Å². The van der Waals surface area contributed by atoms with Gasteiger partial charge in [-0.25, -0.2) is 4.39 Å². The van der Waals surface area contributed by atoms with E-state index in [-0.39, 0.29) is 17.8 Å². The second-order valence-corrected chi connectivity index (χ2v) is 8.06. The Hall–Kier alpha value is -1.88. The van der Waals surface area contributed by atoms with Crippen molar-refractivity contribution in [3.63, 3.8) is 0 Å². The molecule has 0 saturated heterocycles. The number of aromatic nitrogens is 1. The van der Waals surface area contributed by atoms with Gasteiger partial charge in [-0.15, -0.1) is 11.8 Å². The summed E-state index contributed by atoms with van der Waals surface area (Å²) in [5.74, 6) is 0.319. The second kappa shape index (κ2) is 8.48. The fraction of sp³-hybridized carbons (Fsp3) is 0.400. The minimum absolute atomic E-state index is 0.0766. The first-order chi connectivity index (χ1) is 12.1. The number of thioether (sulfide) groups is 1. The summed E-state index contributed by atoms with van der Waals surface area (Å²) in [7, 11) is 0. The van der Waals surface area contributed by atoms with Crippen LogP contribution in [0.1, 0.15) is 31.7 Å². The summed E-state index contributed by atoms with van der Waals surface area (Å²) < 4.78 is 13.0. The molecule has 0 spiro atoms. The number of carbonyl (C=O) groups is 1. The van der Waals surface area contributed by atoms with Crippen LogP contribution in [0.4, 0.5) is 4.39 Å². The molecule has 1 saturated carbocycles. The maximum atomic E-state index is 13.0. The van der Waals surface area contributed by atoms with Gasteiger partial charge < -0.3 is 5.32 Å². The summed E-state index contributed by atoms with van der Waals surface area (Å²) in [5.41, 5.74) is 0.987. The Kier molecular flexibility index (Phi) is 6.08. The van der Waals surface area contributed by atoms with Gasteiger partial charge in [0, 0.05) is 28.6 Å². The molecule has 2 aromatic rings. The number of nitrogens with zero attached hydrogens (tertiary/aromatic N) is 1. The number of amides is 1. The summed E-state index contributed by atoms with van der Waals surface area (Å²) in [6.45, 7) is 2.20. The van der Waals surface area contributed by atoms with Gasteiger partial charge in [0.1, 0.15) is 5.82 Å². The zero-order chi connectivity index (χ0) is 17.6. The molecule has 3 nitrogen and oxygen atoms in total. The van der Waals surface area contributed by atoms with Gasteiger partial charge in [-0.2, -0.15) is 0 Å². The third kappa shape index (κ3) is 5.30. The summed E-state index contributed by atoms with van der Waals surface area (Å²) >= 11 is 1.81. The van der Waals surface area contributed by atoms with Gasteiger partial charge in [0.25, 0.3) is 0 Å². The van der Waals surface area contributed by atoms with Crippen LogP contribution in [0.2, 0.25) is 0 Å². The van der Waals surface area contributed by atoms with Crippen molar-refractivity contribution in [3.8, 4) is 0 Å². The van der Waals surface area contributed by atoms with Gasteiger partial charge in [-0.3, -0.25) is 9.78 Å². The molecule has 2 unspecified atom stereocenters. The third-order valence-electron chi connectivity index (χ3n) is 4.70. The van der Waals surface area contributed by atoms with Crippen LogP contribution in [0.5, 0.6) is 0 Å². The Bertz CT molecular complexity index is 693. The largest absolute Gasteiger partial charge is 0.353 e. The summed E-state index contributed by atoms with van der Waals surface area (Å²) in [6, 6.07) is 10.7. The molecule has 132 valence electrons. The van der Waals surface area contributed by atoms with E-state index < -0.39 is 0 Å². The number of carbonyl (C=O) groups excluding carboxylic acids is 1. The molecule has 3 rings (SSSR count). The van der Waals surface area contributed by atoms with Crippen molar-refractivity contribution >= 4 is 17.7 Å². The van der Waals surface area contributed by atoms with E-state index in [9.17, 15) is 9.18 Å². The molecule has 3 atom stereocenters. The van der Waals surface area contributed by atoms with Crippen molar-refractivity contribution in [3.05, 3.63) is 60.2 Å². The number of pyridine rings is 1. The maximum Gasteiger partial charge on any atom is 0.224 e. The van der Waals surface area contributed by atoms with Crippen LogP contribution in [-0.4, -0.2) is 22.2 Å². The van der Waals surface area contributed by atoms with Gasteiger partial charge >= 0.3 is 0 Å².